The number of carbonyl (C=O) groups is 2. The van der Waals surface area contributed by atoms with E-state index in [0.29, 0.717) is 5.75 Å². The standard InChI is InChI=1S/C15H19F3N2O4/c1-11(24-10-15(16,17)18)14(22)20-8-7-19-13(21)9-23-12-5-3-2-4-6-12/h2-6,11H,7-10H2,1H3,(H,19,21)(H,20,22)/t11-/m0/s1. The van der Waals surface area contributed by atoms with E-state index in [2.05, 4.69) is 15.4 Å². The second-order valence-corrected chi connectivity index (χ2v) is 4.81. The van der Waals surface area contributed by atoms with Crippen LogP contribution in [0.25, 0.3) is 0 Å². The first-order valence-corrected chi connectivity index (χ1v) is 7.18. The Morgan fingerprint density at radius 1 is 1.12 bits per heavy atom. The summed E-state index contributed by atoms with van der Waals surface area (Å²) >= 11 is 0. The normalized spacial score (nSPS) is 12.3. The van der Waals surface area contributed by atoms with Crippen molar-refractivity contribution in [3.05, 3.63) is 30.3 Å². The molecule has 0 spiro atoms. The molecule has 1 aromatic carbocycles. The number of nitrogens with one attached hydrogen (secondary N) is 2. The number of benzene rings is 1. The zero-order chi connectivity index (χ0) is 18.0. The molecule has 134 valence electrons. The van der Waals surface area contributed by atoms with Gasteiger partial charge in [-0.2, -0.15) is 13.2 Å². The summed E-state index contributed by atoms with van der Waals surface area (Å²) < 4.78 is 45.5. The first-order chi connectivity index (χ1) is 11.3. The molecule has 0 saturated carbocycles. The topological polar surface area (TPSA) is 76.7 Å². The molecular weight excluding hydrogens is 329 g/mol. The van der Waals surface area contributed by atoms with Gasteiger partial charge in [-0.3, -0.25) is 9.59 Å². The molecule has 0 aliphatic heterocycles. The van der Waals surface area contributed by atoms with Crippen LogP contribution in [0.2, 0.25) is 0 Å². The first kappa shape index (κ1) is 19.8. The van der Waals surface area contributed by atoms with Crippen LogP contribution >= 0.6 is 0 Å². The SMILES string of the molecule is C[C@H](OCC(F)(F)F)C(=O)NCCNC(=O)COc1ccccc1. The van der Waals surface area contributed by atoms with Crippen molar-refractivity contribution < 1.29 is 32.2 Å². The van der Waals surface area contributed by atoms with Crippen LogP contribution in [0, 0.1) is 0 Å². The predicted octanol–water partition coefficient (Wildman–Crippen LogP) is 1.27. The maximum atomic E-state index is 12.0. The molecule has 0 radical (unpaired) electrons. The van der Waals surface area contributed by atoms with Crippen LogP contribution in [0.1, 0.15) is 6.92 Å². The van der Waals surface area contributed by atoms with E-state index in [1.165, 1.54) is 6.92 Å². The Balaban J connectivity index is 2.11. The fourth-order valence-electron chi connectivity index (χ4n) is 1.54. The summed E-state index contributed by atoms with van der Waals surface area (Å²) in [5, 5.41) is 4.86. The quantitative estimate of drug-likeness (QED) is 0.659. The average molecular weight is 348 g/mol. The Bertz CT molecular complexity index is 523. The molecule has 24 heavy (non-hydrogen) atoms. The van der Waals surface area contributed by atoms with Crippen molar-refractivity contribution in [1.82, 2.24) is 10.6 Å². The highest BCUT2D eigenvalue weighted by Gasteiger charge is 2.29. The van der Waals surface area contributed by atoms with E-state index in [1.54, 1.807) is 24.3 Å². The van der Waals surface area contributed by atoms with Crippen molar-refractivity contribution in [2.45, 2.75) is 19.2 Å². The number of carbonyl (C=O) groups excluding carboxylic acids is 2. The molecule has 0 saturated heterocycles. The summed E-state index contributed by atoms with van der Waals surface area (Å²) in [6.07, 6.45) is -5.72. The van der Waals surface area contributed by atoms with Crippen molar-refractivity contribution in [2.75, 3.05) is 26.3 Å². The van der Waals surface area contributed by atoms with Gasteiger partial charge in [0.1, 0.15) is 18.5 Å². The minimum absolute atomic E-state index is 0.0651. The maximum Gasteiger partial charge on any atom is 0.411 e. The van der Waals surface area contributed by atoms with Gasteiger partial charge < -0.3 is 20.1 Å². The van der Waals surface area contributed by atoms with Gasteiger partial charge in [0.25, 0.3) is 5.91 Å². The van der Waals surface area contributed by atoms with Crippen LogP contribution in [-0.4, -0.2) is 50.4 Å². The Labute approximate surface area is 137 Å². The lowest BCUT2D eigenvalue weighted by Crippen LogP contribution is -2.41. The minimum atomic E-state index is -4.48. The highest BCUT2D eigenvalue weighted by atomic mass is 19.4. The molecule has 0 fully saturated rings. The van der Waals surface area contributed by atoms with Crippen molar-refractivity contribution in [3.63, 3.8) is 0 Å². The van der Waals surface area contributed by atoms with E-state index in [-0.39, 0.29) is 25.6 Å². The number of amides is 2. The molecule has 0 heterocycles. The van der Waals surface area contributed by atoms with E-state index in [0.717, 1.165) is 0 Å². The molecule has 1 aromatic rings. The predicted molar refractivity (Wildman–Crippen MR) is 79.4 cm³/mol. The highest BCUT2D eigenvalue weighted by Crippen LogP contribution is 2.15. The first-order valence-electron chi connectivity index (χ1n) is 7.18. The van der Waals surface area contributed by atoms with E-state index in [1.807, 2.05) is 6.07 Å². The van der Waals surface area contributed by atoms with Gasteiger partial charge in [0.15, 0.2) is 6.61 Å². The second kappa shape index (κ2) is 9.76. The number of para-hydroxylation sites is 1. The minimum Gasteiger partial charge on any atom is -0.484 e. The van der Waals surface area contributed by atoms with Crippen LogP contribution in [0.3, 0.4) is 0 Å². The average Bonchev–Trinajstić information content (AvgIpc) is 2.54. The summed E-state index contributed by atoms with van der Waals surface area (Å²) in [6.45, 7) is -0.268. The number of hydrogen-bond donors (Lipinski definition) is 2. The Hall–Kier alpha value is -2.29. The fourth-order valence-corrected chi connectivity index (χ4v) is 1.54. The van der Waals surface area contributed by atoms with Crippen LogP contribution < -0.4 is 15.4 Å². The summed E-state index contributed by atoms with van der Waals surface area (Å²) in [5.74, 6) is -0.514. The van der Waals surface area contributed by atoms with Crippen molar-refractivity contribution in [3.8, 4) is 5.75 Å². The molecule has 0 unspecified atom stereocenters. The maximum absolute atomic E-state index is 12.0. The Morgan fingerprint density at radius 3 is 2.38 bits per heavy atom. The molecule has 1 rings (SSSR count). The molecule has 0 aromatic heterocycles. The summed E-state index contributed by atoms with van der Waals surface area (Å²) in [5.41, 5.74) is 0. The van der Waals surface area contributed by atoms with Crippen LogP contribution in [0.5, 0.6) is 5.75 Å². The number of ether oxygens (including phenoxy) is 2. The van der Waals surface area contributed by atoms with Gasteiger partial charge in [-0.25, -0.2) is 0 Å². The van der Waals surface area contributed by atoms with Gasteiger partial charge in [0.2, 0.25) is 5.91 Å². The van der Waals surface area contributed by atoms with Gasteiger partial charge in [0.05, 0.1) is 0 Å². The van der Waals surface area contributed by atoms with E-state index in [9.17, 15) is 22.8 Å². The molecule has 1 atom stereocenters. The van der Waals surface area contributed by atoms with Crippen molar-refractivity contribution in [2.24, 2.45) is 0 Å². The molecule has 0 aliphatic carbocycles. The highest BCUT2D eigenvalue weighted by molar-refractivity contribution is 5.80. The summed E-state index contributed by atoms with van der Waals surface area (Å²) in [7, 11) is 0. The number of rotatable bonds is 9. The molecule has 2 amide bonds. The second-order valence-electron chi connectivity index (χ2n) is 4.81. The monoisotopic (exact) mass is 348 g/mol. The third kappa shape index (κ3) is 8.99. The Kier molecular flexibility index (Phi) is 8.03. The van der Waals surface area contributed by atoms with Gasteiger partial charge in [-0.05, 0) is 19.1 Å². The molecule has 6 nitrogen and oxygen atoms in total. The van der Waals surface area contributed by atoms with Gasteiger partial charge >= 0.3 is 6.18 Å². The lowest BCUT2D eigenvalue weighted by molar-refractivity contribution is -0.185. The zero-order valence-corrected chi connectivity index (χ0v) is 13.1. The zero-order valence-electron chi connectivity index (χ0n) is 13.1. The van der Waals surface area contributed by atoms with Gasteiger partial charge in [-0.1, -0.05) is 18.2 Å². The van der Waals surface area contributed by atoms with Crippen LogP contribution in [0.4, 0.5) is 13.2 Å². The van der Waals surface area contributed by atoms with Gasteiger partial charge in [-0.15, -0.1) is 0 Å². The lowest BCUT2D eigenvalue weighted by Gasteiger charge is -2.14. The van der Waals surface area contributed by atoms with E-state index in [4.69, 9.17) is 4.74 Å². The lowest BCUT2D eigenvalue weighted by atomic mass is 10.3. The van der Waals surface area contributed by atoms with Crippen LogP contribution in [0.15, 0.2) is 30.3 Å². The number of hydrogen-bond acceptors (Lipinski definition) is 4. The smallest absolute Gasteiger partial charge is 0.411 e. The largest absolute Gasteiger partial charge is 0.484 e. The van der Waals surface area contributed by atoms with Crippen LogP contribution in [-0.2, 0) is 14.3 Å². The Morgan fingerprint density at radius 2 is 1.75 bits per heavy atom. The third-order valence-electron chi connectivity index (χ3n) is 2.73. The molecule has 0 aliphatic rings. The fraction of sp³-hybridized carbons (Fsp3) is 0.467. The molecular formula is C15H19F3N2O4. The molecule has 9 heteroatoms. The summed E-state index contributed by atoms with van der Waals surface area (Å²) in [6, 6.07) is 8.76. The van der Waals surface area contributed by atoms with Crippen molar-refractivity contribution >= 4 is 11.8 Å². The molecule has 0 bridgehead atoms. The number of halogens is 3. The van der Waals surface area contributed by atoms with Crippen molar-refractivity contribution in [1.29, 1.82) is 0 Å². The van der Waals surface area contributed by atoms with Gasteiger partial charge in [0, 0.05) is 13.1 Å². The van der Waals surface area contributed by atoms with E-state index >= 15 is 0 Å². The number of alkyl halides is 3. The molecule has 2 N–H and O–H groups in total. The third-order valence-corrected chi connectivity index (χ3v) is 2.73. The van der Waals surface area contributed by atoms with E-state index < -0.39 is 24.8 Å². The summed E-state index contributed by atoms with van der Waals surface area (Å²) in [4.78, 5) is 23.0.